The van der Waals surface area contributed by atoms with Gasteiger partial charge in [-0.25, -0.2) is 0 Å². The van der Waals surface area contributed by atoms with Gasteiger partial charge < -0.3 is 10.4 Å². The second-order valence-electron chi connectivity index (χ2n) is 3.85. The standard InChI is InChI=1S/C12H16BrNO2/c1-8-7-10(3-4-11(8)13)12(16)14-9(2)5-6-15/h3-4,7,9,15H,5-6H2,1-2H3,(H,14,16). The number of halogens is 1. The molecular formula is C12H16BrNO2. The molecule has 0 bridgehead atoms. The predicted octanol–water partition coefficient (Wildman–Crippen LogP) is 2.26. The number of rotatable bonds is 4. The molecule has 88 valence electrons. The fourth-order valence-corrected chi connectivity index (χ4v) is 1.61. The zero-order chi connectivity index (χ0) is 12.1. The molecule has 0 aromatic heterocycles. The summed E-state index contributed by atoms with van der Waals surface area (Å²) in [6.07, 6.45) is 0.571. The molecule has 1 atom stereocenters. The van der Waals surface area contributed by atoms with Crippen LogP contribution in [0.1, 0.15) is 29.3 Å². The predicted molar refractivity (Wildman–Crippen MR) is 67.5 cm³/mol. The molecule has 0 spiro atoms. The van der Waals surface area contributed by atoms with Crippen molar-refractivity contribution in [2.45, 2.75) is 26.3 Å². The van der Waals surface area contributed by atoms with E-state index in [0.29, 0.717) is 12.0 Å². The maximum Gasteiger partial charge on any atom is 0.251 e. The summed E-state index contributed by atoms with van der Waals surface area (Å²) in [6, 6.07) is 5.46. The van der Waals surface area contributed by atoms with Gasteiger partial charge in [0.1, 0.15) is 0 Å². The van der Waals surface area contributed by atoms with Gasteiger partial charge in [0, 0.05) is 22.7 Å². The molecule has 2 N–H and O–H groups in total. The normalized spacial score (nSPS) is 12.2. The van der Waals surface area contributed by atoms with E-state index in [0.717, 1.165) is 10.0 Å². The van der Waals surface area contributed by atoms with Crippen LogP contribution in [0.3, 0.4) is 0 Å². The van der Waals surface area contributed by atoms with Gasteiger partial charge in [0.2, 0.25) is 0 Å². The first kappa shape index (κ1) is 13.2. The van der Waals surface area contributed by atoms with Gasteiger partial charge in [-0.3, -0.25) is 4.79 Å². The van der Waals surface area contributed by atoms with Gasteiger partial charge in [-0.1, -0.05) is 15.9 Å². The van der Waals surface area contributed by atoms with Crippen LogP contribution in [-0.2, 0) is 0 Å². The highest BCUT2D eigenvalue weighted by atomic mass is 79.9. The highest BCUT2D eigenvalue weighted by Crippen LogP contribution is 2.17. The van der Waals surface area contributed by atoms with Gasteiger partial charge in [-0.2, -0.15) is 0 Å². The summed E-state index contributed by atoms with van der Waals surface area (Å²) in [5.74, 6) is -0.100. The number of carbonyl (C=O) groups excluding carboxylic acids is 1. The average Bonchev–Trinajstić information content (AvgIpc) is 2.22. The Morgan fingerprint density at radius 2 is 2.25 bits per heavy atom. The Bertz CT molecular complexity index is 379. The van der Waals surface area contributed by atoms with Crippen LogP contribution >= 0.6 is 15.9 Å². The molecule has 1 aromatic carbocycles. The fraction of sp³-hybridized carbons (Fsp3) is 0.417. The number of aliphatic hydroxyl groups excluding tert-OH is 1. The molecule has 0 aliphatic rings. The first-order chi connectivity index (χ1) is 7.54. The minimum absolute atomic E-state index is 0.0125. The number of aliphatic hydroxyl groups is 1. The Hall–Kier alpha value is -0.870. The third-order valence-corrected chi connectivity index (χ3v) is 3.25. The van der Waals surface area contributed by atoms with Crippen molar-refractivity contribution in [3.8, 4) is 0 Å². The van der Waals surface area contributed by atoms with Gasteiger partial charge in [0.15, 0.2) is 0 Å². The number of nitrogens with one attached hydrogen (secondary N) is 1. The van der Waals surface area contributed by atoms with E-state index >= 15 is 0 Å². The van der Waals surface area contributed by atoms with Crippen LogP contribution in [0.2, 0.25) is 0 Å². The van der Waals surface area contributed by atoms with Crippen molar-refractivity contribution < 1.29 is 9.90 Å². The Morgan fingerprint density at radius 3 is 2.81 bits per heavy atom. The molecule has 1 aromatic rings. The molecule has 1 rings (SSSR count). The summed E-state index contributed by atoms with van der Waals surface area (Å²) >= 11 is 3.39. The highest BCUT2D eigenvalue weighted by molar-refractivity contribution is 9.10. The Balaban J connectivity index is 2.69. The molecule has 1 amide bonds. The van der Waals surface area contributed by atoms with E-state index in [1.807, 2.05) is 26.0 Å². The molecule has 0 radical (unpaired) electrons. The monoisotopic (exact) mass is 285 g/mol. The van der Waals surface area contributed by atoms with E-state index in [1.165, 1.54) is 0 Å². The number of hydrogen-bond acceptors (Lipinski definition) is 2. The maximum absolute atomic E-state index is 11.8. The summed E-state index contributed by atoms with van der Waals surface area (Å²) in [5.41, 5.74) is 1.67. The largest absolute Gasteiger partial charge is 0.396 e. The zero-order valence-electron chi connectivity index (χ0n) is 9.46. The topological polar surface area (TPSA) is 49.3 Å². The summed E-state index contributed by atoms with van der Waals surface area (Å²) in [7, 11) is 0. The van der Waals surface area contributed by atoms with Crippen LogP contribution in [0.5, 0.6) is 0 Å². The van der Waals surface area contributed by atoms with Gasteiger partial charge in [0.05, 0.1) is 0 Å². The van der Waals surface area contributed by atoms with Crippen molar-refractivity contribution in [3.05, 3.63) is 33.8 Å². The minimum Gasteiger partial charge on any atom is -0.396 e. The number of benzene rings is 1. The number of aryl methyl sites for hydroxylation is 1. The van der Waals surface area contributed by atoms with Crippen LogP contribution in [-0.4, -0.2) is 23.7 Å². The summed E-state index contributed by atoms with van der Waals surface area (Å²) in [6.45, 7) is 3.90. The average molecular weight is 286 g/mol. The Kier molecular flexibility index (Phi) is 4.96. The molecule has 1 unspecified atom stereocenters. The van der Waals surface area contributed by atoms with E-state index in [4.69, 9.17) is 5.11 Å². The number of carbonyl (C=O) groups is 1. The van der Waals surface area contributed by atoms with E-state index in [1.54, 1.807) is 6.07 Å². The van der Waals surface area contributed by atoms with E-state index in [-0.39, 0.29) is 18.6 Å². The highest BCUT2D eigenvalue weighted by Gasteiger charge is 2.09. The van der Waals surface area contributed by atoms with Gasteiger partial charge in [-0.05, 0) is 44.0 Å². The zero-order valence-corrected chi connectivity index (χ0v) is 11.0. The van der Waals surface area contributed by atoms with Crippen molar-refractivity contribution in [3.63, 3.8) is 0 Å². The second kappa shape index (κ2) is 6.01. The number of amides is 1. The summed E-state index contributed by atoms with van der Waals surface area (Å²) < 4.78 is 0.993. The molecule has 0 aliphatic carbocycles. The third kappa shape index (κ3) is 3.61. The van der Waals surface area contributed by atoms with Crippen LogP contribution < -0.4 is 5.32 Å². The lowest BCUT2D eigenvalue weighted by Gasteiger charge is -2.12. The lowest BCUT2D eigenvalue weighted by Crippen LogP contribution is -2.33. The molecule has 16 heavy (non-hydrogen) atoms. The van der Waals surface area contributed by atoms with Crippen LogP contribution in [0.4, 0.5) is 0 Å². The minimum atomic E-state index is -0.100. The third-order valence-electron chi connectivity index (χ3n) is 2.36. The molecule has 0 saturated carbocycles. The van der Waals surface area contributed by atoms with Crippen LogP contribution in [0.15, 0.2) is 22.7 Å². The SMILES string of the molecule is Cc1cc(C(=O)NC(C)CCO)ccc1Br. The van der Waals surface area contributed by atoms with Crippen LogP contribution in [0, 0.1) is 6.92 Å². The molecule has 3 nitrogen and oxygen atoms in total. The second-order valence-corrected chi connectivity index (χ2v) is 4.71. The fourth-order valence-electron chi connectivity index (χ4n) is 1.36. The first-order valence-electron chi connectivity index (χ1n) is 5.22. The molecule has 0 heterocycles. The molecule has 0 aliphatic heterocycles. The summed E-state index contributed by atoms with van der Waals surface area (Å²) in [5, 5.41) is 11.6. The van der Waals surface area contributed by atoms with Gasteiger partial charge in [0.25, 0.3) is 5.91 Å². The lowest BCUT2D eigenvalue weighted by atomic mass is 10.1. The van der Waals surface area contributed by atoms with Crippen LogP contribution in [0.25, 0.3) is 0 Å². The summed E-state index contributed by atoms with van der Waals surface area (Å²) in [4.78, 5) is 11.8. The number of hydrogen-bond donors (Lipinski definition) is 2. The van der Waals surface area contributed by atoms with Crippen molar-refractivity contribution in [2.75, 3.05) is 6.61 Å². The molecule has 0 fully saturated rings. The van der Waals surface area contributed by atoms with E-state index < -0.39 is 0 Å². The van der Waals surface area contributed by atoms with Gasteiger partial charge >= 0.3 is 0 Å². The van der Waals surface area contributed by atoms with Crippen molar-refractivity contribution in [2.24, 2.45) is 0 Å². The maximum atomic E-state index is 11.8. The molecule has 0 saturated heterocycles. The quantitative estimate of drug-likeness (QED) is 0.892. The molecular weight excluding hydrogens is 270 g/mol. The van der Waals surface area contributed by atoms with E-state index in [2.05, 4.69) is 21.2 Å². The Labute approximate surface area is 104 Å². The van der Waals surface area contributed by atoms with Crippen molar-refractivity contribution >= 4 is 21.8 Å². The van der Waals surface area contributed by atoms with E-state index in [9.17, 15) is 4.79 Å². The Morgan fingerprint density at radius 1 is 1.56 bits per heavy atom. The molecule has 4 heteroatoms. The van der Waals surface area contributed by atoms with Gasteiger partial charge in [-0.15, -0.1) is 0 Å². The lowest BCUT2D eigenvalue weighted by molar-refractivity contribution is 0.0934. The smallest absolute Gasteiger partial charge is 0.251 e. The first-order valence-corrected chi connectivity index (χ1v) is 6.01. The van der Waals surface area contributed by atoms with Crippen molar-refractivity contribution in [1.29, 1.82) is 0 Å². The van der Waals surface area contributed by atoms with Crippen molar-refractivity contribution in [1.82, 2.24) is 5.32 Å².